The van der Waals surface area contributed by atoms with E-state index in [-0.39, 0.29) is 5.91 Å². The first-order valence-corrected chi connectivity index (χ1v) is 8.77. The molecule has 0 spiro atoms. The maximum atomic E-state index is 12.0. The van der Waals surface area contributed by atoms with E-state index in [1.165, 1.54) is 37.7 Å². The topological polar surface area (TPSA) is 41.6 Å². The van der Waals surface area contributed by atoms with Crippen LogP contribution in [0.4, 0.5) is 5.69 Å². The zero-order valence-corrected chi connectivity index (χ0v) is 15.0. The fraction of sp³-hybridized carbons (Fsp3) is 0.611. The Bertz CT molecular complexity index is 536. The number of hydrogen-bond donors (Lipinski definition) is 1. The summed E-state index contributed by atoms with van der Waals surface area (Å²) in [5.41, 5.74) is 1.66. The third kappa shape index (κ3) is 4.93. The van der Waals surface area contributed by atoms with Gasteiger partial charge in [-0.3, -0.25) is 9.63 Å². The van der Waals surface area contributed by atoms with E-state index in [1.54, 1.807) is 6.07 Å². The Labute approximate surface area is 144 Å². The summed E-state index contributed by atoms with van der Waals surface area (Å²) in [4.78, 5) is 17.9. The van der Waals surface area contributed by atoms with Crippen molar-refractivity contribution >= 4 is 23.2 Å². The molecule has 1 fully saturated rings. The van der Waals surface area contributed by atoms with Gasteiger partial charge in [-0.05, 0) is 50.6 Å². The molecule has 5 heteroatoms. The number of halogens is 1. The number of amides is 1. The number of benzene rings is 1. The summed E-state index contributed by atoms with van der Waals surface area (Å²) in [7, 11) is 2.01. The predicted molar refractivity (Wildman–Crippen MR) is 94.7 cm³/mol. The molecule has 2 unspecified atom stereocenters. The summed E-state index contributed by atoms with van der Waals surface area (Å²) in [6, 6.07) is 5.96. The monoisotopic (exact) mass is 338 g/mol. The minimum Gasteiger partial charge on any atom is -0.317 e. The molecule has 0 bridgehead atoms. The van der Waals surface area contributed by atoms with Crippen LogP contribution >= 0.6 is 11.6 Å². The number of aryl methyl sites for hydroxylation is 1. The van der Waals surface area contributed by atoms with Gasteiger partial charge in [0.1, 0.15) is 0 Å². The maximum absolute atomic E-state index is 12.0. The molecule has 0 aliphatic heterocycles. The summed E-state index contributed by atoms with van der Waals surface area (Å²) in [5, 5.41) is 5.48. The van der Waals surface area contributed by atoms with Crippen LogP contribution in [0, 0.1) is 12.8 Å². The number of carbonyl (C=O) groups is 1. The van der Waals surface area contributed by atoms with Gasteiger partial charge in [-0.1, -0.05) is 30.9 Å². The lowest BCUT2D eigenvalue weighted by Gasteiger charge is -2.28. The third-order valence-corrected chi connectivity index (χ3v) is 5.03. The molecule has 0 radical (unpaired) electrons. The highest BCUT2D eigenvalue weighted by Crippen LogP contribution is 2.26. The smallest absolute Gasteiger partial charge is 0.247 e. The normalized spacial score (nSPS) is 21.7. The number of rotatable bonds is 5. The second-order valence-corrected chi connectivity index (χ2v) is 6.74. The quantitative estimate of drug-likeness (QED) is 0.649. The summed E-state index contributed by atoms with van der Waals surface area (Å²) in [6.45, 7) is 3.99. The number of nitrogens with zero attached hydrogens (tertiary/aromatic N) is 1. The van der Waals surface area contributed by atoms with Gasteiger partial charge in [-0.25, -0.2) is 0 Å². The van der Waals surface area contributed by atoms with Gasteiger partial charge >= 0.3 is 0 Å². The van der Waals surface area contributed by atoms with Crippen LogP contribution in [0.15, 0.2) is 18.2 Å². The molecule has 1 aliphatic carbocycles. The second-order valence-electron chi connectivity index (χ2n) is 6.34. The SMILES string of the molecule is CNC1CCCCCC1CON(C(C)=O)c1ccc(Cl)c(C)c1. The lowest BCUT2D eigenvalue weighted by Crippen LogP contribution is -2.38. The highest BCUT2D eigenvalue weighted by molar-refractivity contribution is 6.31. The van der Waals surface area contributed by atoms with Gasteiger partial charge < -0.3 is 5.32 Å². The van der Waals surface area contributed by atoms with Crippen molar-refractivity contribution in [3.63, 3.8) is 0 Å². The van der Waals surface area contributed by atoms with Crippen molar-refractivity contribution in [1.29, 1.82) is 0 Å². The van der Waals surface area contributed by atoms with E-state index < -0.39 is 0 Å². The highest BCUT2D eigenvalue weighted by Gasteiger charge is 2.24. The molecule has 23 heavy (non-hydrogen) atoms. The molecule has 1 aliphatic rings. The zero-order chi connectivity index (χ0) is 16.8. The lowest BCUT2D eigenvalue weighted by molar-refractivity contribution is -0.124. The first-order chi connectivity index (χ1) is 11.0. The molecule has 1 N–H and O–H groups in total. The molecule has 0 aromatic heterocycles. The summed E-state index contributed by atoms with van der Waals surface area (Å²) >= 11 is 6.07. The molecule has 2 rings (SSSR count). The number of nitrogens with one attached hydrogen (secondary N) is 1. The van der Waals surface area contributed by atoms with Crippen molar-refractivity contribution in [3.8, 4) is 0 Å². The second kappa shape index (κ2) is 8.67. The van der Waals surface area contributed by atoms with Crippen molar-refractivity contribution in [2.24, 2.45) is 5.92 Å². The Balaban J connectivity index is 2.06. The van der Waals surface area contributed by atoms with Gasteiger partial charge in [0.15, 0.2) is 0 Å². The Morgan fingerprint density at radius 2 is 2.09 bits per heavy atom. The van der Waals surface area contributed by atoms with Crippen LogP contribution in [-0.2, 0) is 9.63 Å². The zero-order valence-electron chi connectivity index (χ0n) is 14.3. The number of carbonyl (C=O) groups excluding carboxylic acids is 1. The summed E-state index contributed by atoms with van der Waals surface area (Å²) < 4.78 is 0. The Kier molecular flexibility index (Phi) is 6.88. The van der Waals surface area contributed by atoms with E-state index in [2.05, 4.69) is 5.32 Å². The van der Waals surface area contributed by atoms with Gasteiger partial charge in [0.2, 0.25) is 5.91 Å². The molecule has 1 aromatic rings. The fourth-order valence-electron chi connectivity index (χ4n) is 3.24. The molecule has 0 saturated heterocycles. The van der Waals surface area contributed by atoms with Crippen molar-refractivity contribution in [2.75, 3.05) is 18.7 Å². The third-order valence-electron chi connectivity index (χ3n) is 4.61. The van der Waals surface area contributed by atoms with Gasteiger partial charge in [-0.15, -0.1) is 0 Å². The molecule has 2 atom stereocenters. The Morgan fingerprint density at radius 3 is 2.74 bits per heavy atom. The van der Waals surface area contributed by atoms with Crippen molar-refractivity contribution in [3.05, 3.63) is 28.8 Å². The fourth-order valence-corrected chi connectivity index (χ4v) is 3.35. The van der Waals surface area contributed by atoms with Crippen LogP contribution in [0.1, 0.15) is 44.6 Å². The van der Waals surface area contributed by atoms with Gasteiger partial charge in [0.25, 0.3) is 0 Å². The van der Waals surface area contributed by atoms with Crippen molar-refractivity contribution in [2.45, 2.75) is 52.0 Å². The molecule has 0 heterocycles. The van der Waals surface area contributed by atoms with Gasteiger partial charge in [0.05, 0.1) is 12.3 Å². The summed E-state index contributed by atoms with van der Waals surface area (Å²) in [5.74, 6) is 0.305. The molecule has 1 saturated carbocycles. The van der Waals surface area contributed by atoms with Crippen LogP contribution in [0.25, 0.3) is 0 Å². The lowest BCUT2D eigenvalue weighted by atomic mass is 9.96. The van der Waals surface area contributed by atoms with Crippen LogP contribution in [0.2, 0.25) is 5.02 Å². The van der Waals surface area contributed by atoms with Crippen LogP contribution in [-0.4, -0.2) is 25.6 Å². The molecular weight excluding hydrogens is 312 g/mol. The van der Waals surface area contributed by atoms with E-state index in [0.29, 0.717) is 23.6 Å². The summed E-state index contributed by atoms with van der Waals surface area (Å²) in [6.07, 6.45) is 6.07. The molecule has 1 aromatic carbocycles. The van der Waals surface area contributed by atoms with E-state index in [1.807, 2.05) is 26.1 Å². The van der Waals surface area contributed by atoms with Crippen molar-refractivity contribution in [1.82, 2.24) is 5.32 Å². The standard InChI is InChI=1S/C18H27ClN2O2/c1-13-11-16(9-10-17(13)19)21(14(2)22)23-12-15-7-5-4-6-8-18(15)20-3/h9-11,15,18,20H,4-8,12H2,1-3H3. The average Bonchev–Trinajstić information content (AvgIpc) is 2.75. The van der Waals surface area contributed by atoms with Crippen LogP contribution in [0.5, 0.6) is 0 Å². The first-order valence-electron chi connectivity index (χ1n) is 8.40. The van der Waals surface area contributed by atoms with E-state index >= 15 is 0 Å². The minimum absolute atomic E-state index is 0.124. The largest absolute Gasteiger partial charge is 0.317 e. The average molecular weight is 339 g/mol. The van der Waals surface area contributed by atoms with E-state index in [0.717, 1.165) is 17.7 Å². The number of anilines is 1. The van der Waals surface area contributed by atoms with Crippen LogP contribution < -0.4 is 10.4 Å². The maximum Gasteiger partial charge on any atom is 0.247 e. The highest BCUT2D eigenvalue weighted by atomic mass is 35.5. The van der Waals surface area contributed by atoms with Gasteiger partial charge in [0, 0.05) is 23.9 Å². The molecular formula is C18H27ClN2O2. The number of hydroxylamine groups is 1. The van der Waals surface area contributed by atoms with Crippen molar-refractivity contribution < 1.29 is 9.63 Å². The predicted octanol–water partition coefficient (Wildman–Crippen LogP) is 4.10. The van der Waals surface area contributed by atoms with Gasteiger partial charge in [-0.2, -0.15) is 5.06 Å². The minimum atomic E-state index is -0.124. The molecule has 128 valence electrons. The number of hydrogen-bond acceptors (Lipinski definition) is 3. The Morgan fingerprint density at radius 1 is 1.35 bits per heavy atom. The van der Waals surface area contributed by atoms with E-state index in [4.69, 9.17) is 16.4 Å². The molecule has 4 nitrogen and oxygen atoms in total. The van der Waals surface area contributed by atoms with Crippen LogP contribution in [0.3, 0.4) is 0 Å². The molecule has 1 amide bonds. The first kappa shape index (κ1) is 18.2. The Hall–Kier alpha value is -1.10. The van der Waals surface area contributed by atoms with E-state index in [9.17, 15) is 4.79 Å².